The summed E-state index contributed by atoms with van der Waals surface area (Å²) >= 11 is 0. The summed E-state index contributed by atoms with van der Waals surface area (Å²) in [5.74, 6) is -1.05. The zero-order valence-electron chi connectivity index (χ0n) is 27.7. The number of fused-ring (bicyclic) bond motifs is 1. The second kappa shape index (κ2) is 14.4. The third kappa shape index (κ3) is 7.27. The molecule has 1 N–H and O–H groups in total. The molecule has 0 radical (unpaired) electrons. The molecule has 0 aliphatic carbocycles. The van der Waals surface area contributed by atoms with E-state index in [2.05, 4.69) is 4.98 Å². The molecule has 2 aromatic heterocycles. The Morgan fingerprint density at radius 3 is 2.08 bits per heavy atom. The number of ether oxygens (including phenoxy) is 3. The molecule has 0 unspecified atom stereocenters. The smallest absolute Gasteiger partial charge is 0.407 e. The van der Waals surface area contributed by atoms with Crippen LogP contribution in [-0.4, -0.2) is 78.2 Å². The van der Waals surface area contributed by atoms with Crippen molar-refractivity contribution < 1.29 is 41.3 Å². The van der Waals surface area contributed by atoms with Crippen LogP contribution in [0, 0.1) is 18.6 Å². The molecule has 1 fully saturated rings. The topological polar surface area (TPSA) is 123 Å². The number of rotatable bonds is 11. The Balaban J connectivity index is 1.39. The summed E-state index contributed by atoms with van der Waals surface area (Å²) < 4.78 is 80.0. The van der Waals surface area contributed by atoms with Crippen LogP contribution in [0.25, 0.3) is 16.9 Å². The molecule has 11 nitrogen and oxygen atoms in total. The van der Waals surface area contributed by atoms with Crippen LogP contribution >= 0.6 is 0 Å². The molecule has 5 aromatic rings. The zero-order valence-corrected chi connectivity index (χ0v) is 28.5. The maximum absolute atomic E-state index is 16.2. The van der Waals surface area contributed by atoms with Crippen molar-refractivity contribution in [2.24, 2.45) is 0 Å². The first-order chi connectivity index (χ1) is 24.0. The van der Waals surface area contributed by atoms with E-state index in [9.17, 15) is 18.3 Å². The van der Waals surface area contributed by atoms with Crippen molar-refractivity contribution in [1.82, 2.24) is 18.6 Å². The van der Waals surface area contributed by atoms with Gasteiger partial charge in [-0.15, -0.1) is 0 Å². The largest absolute Gasteiger partial charge is 0.497 e. The molecule has 1 saturated heterocycles. The van der Waals surface area contributed by atoms with E-state index in [1.807, 2.05) is 13.0 Å². The van der Waals surface area contributed by atoms with Gasteiger partial charge < -0.3 is 28.6 Å². The Bertz CT molecular complexity index is 2050. The van der Waals surface area contributed by atoms with Crippen LogP contribution in [0.3, 0.4) is 0 Å². The fourth-order valence-electron chi connectivity index (χ4n) is 5.99. The lowest BCUT2D eigenvalue weighted by atomic mass is 10.0. The van der Waals surface area contributed by atoms with Gasteiger partial charge in [0.2, 0.25) is 10.0 Å². The number of hydrogen-bond acceptors (Lipinski definition) is 7. The van der Waals surface area contributed by atoms with Gasteiger partial charge in [-0.05, 0) is 72.1 Å². The quantitative estimate of drug-likeness (QED) is 0.180. The molecule has 0 saturated carbocycles. The Hall–Kier alpha value is -5.05. The highest BCUT2D eigenvalue weighted by molar-refractivity contribution is 7.89. The third-order valence-electron chi connectivity index (χ3n) is 8.64. The van der Waals surface area contributed by atoms with Gasteiger partial charge in [-0.1, -0.05) is 24.3 Å². The molecular formula is C36H36F2N4O7S. The fraction of sp³-hybridized carbons (Fsp3) is 0.278. The van der Waals surface area contributed by atoms with E-state index in [1.54, 1.807) is 65.2 Å². The lowest BCUT2D eigenvalue weighted by molar-refractivity contribution is -0.0214. The van der Waals surface area contributed by atoms with E-state index >= 15 is 8.78 Å². The highest BCUT2D eigenvalue weighted by atomic mass is 32.2. The molecule has 3 aromatic carbocycles. The van der Waals surface area contributed by atoms with Crippen molar-refractivity contribution >= 4 is 21.8 Å². The van der Waals surface area contributed by atoms with Crippen molar-refractivity contribution in [3.63, 3.8) is 0 Å². The minimum Gasteiger partial charge on any atom is -0.497 e. The number of halogens is 2. The Kier molecular flexibility index (Phi) is 10.0. The van der Waals surface area contributed by atoms with Crippen LogP contribution in [0.4, 0.5) is 13.6 Å². The summed E-state index contributed by atoms with van der Waals surface area (Å²) in [4.78, 5) is 16.9. The number of nitrogens with zero attached hydrogens (tertiary/aromatic N) is 4. The summed E-state index contributed by atoms with van der Waals surface area (Å²) in [5, 5.41) is 9.52. The first-order valence-corrected chi connectivity index (χ1v) is 17.2. The molecule has 1 aliphatic heterocycles. The van der Waals surface area contributed by atoms with Crippen molar-refractivity contribution in [3.8, 4) is 22.8 Å². The number of methoxy groups -OCH3 is 2. The lowest BCUT2D eigenvalue weighted by Gasteiger charge is -2.31. The number of hydrogen-bond donors (Lipinski definition) is 1. The van der Waals surface area contributed by atoms with Gasteiger partial charge in [-0.2, -0.15) is 4.31 Å². The van der Waals surface area contributed by atoms with E-state index in [-0.39, 0.29) is 44.9 Å². The number of aromatic nitrogens is 2. The van der Waals surface area contributed by atoms with Gasteiger partial charge in [0.25, 0.3) is 0 Å². The summed E-state index contributed by atoms with van der Waals surface area (Å²) in [6.07, 6.45) is 0.128. The maximum atomic E-state index is 16.2. The summed E-state index contributed by atoms with van der Waals surface area (Å²) in [5.41, 5.74) is 2.42. The average Bonchev–Trinajstić information content (AvgIpc) is 3.44. The van der Waals surface area contributed by atoms with Gasteiger partial charge in [0, 0.05) is 32.3 Å². The minimum absolute atomic E-state index is 0.0288. The van der Waals surface area contributed by atoms with Gasteiger partial charge >= 0.3 is 6.09 Å². The zero-order chi connectivity index (χ0) is 35.6. The molecule has 1 aliphatic rings. The second-order valence-corrected chi connectivity index (χ2v) is 13.9. The van der Waals surface area contributed by atoms with Gasteiger partial charge in [-0.25, -0.2) is 27.0 Å². The van der Waals surface area contributed by atoms with E-state index in [1.165, 1.54) is 19.1 Å². The van der Waals surface area contributed by atoms with Crippen LogP contribution in [0.1, 0.15) is 22.4 Å². The number of pyridine rings is 1. The predicted octanol–water partition coefficient (Wildman–Crippen LogP) is 5.92. The molecule has 50 heavy (non-hydrogen) atoms. The summed E-state index contributed by atoms with van der Waals surface area (Å²) in [6.45, 7) is 2.11. The normalized spacial score (nSPS) is 15.1. The number of carboxylic acid groups (broad SMARTS) is 1. The van der Waals surface area contributed by atoms with Gasteiger partial charge in [0.05, 0.1) is 55.3 Å². The molecular weight excluding hydrogens is 670 g/mol. The standard InChI is InChI=1S/C36H36F2N4O7S/c1-23-12-13-42-32(17-28-22-40(36(43)44)14-15-49-28)35(39-33(42)16-23)34-30(37)18-29(19-31(34)38)50(45,46)41(20-24-4-8-26(47-2)9-5-24)21-25-6-10-27(48-3)11-7-25/h4-13,16,18-19,28H,14-15,17,20-22H2,1-3H3,(H,43,44)/t28-/m0/s1. The predicted molar refractivity (Wildman–Crippen MR) is 181 cm³/mol. The molecule has 14 heteroatoms. The molecule has 1 atom stereocenters. The SMILES string of the molecule is COc1ccc(CN(Cc2ccc(OC)cc2)S(=O)(=O)c2cc(F)c(-c3nc4cc(C)ccn4c3C[C@H]3CN(C(=O)O)CCO3)c(F)c2)cc1. The Morgan fingerprint density at radius 1 is 0.960 bits per heavy atom. The number of aryl methyl sites for hydroxylation is 1. The van der Waals surface area contributed by atoms with Crippen LogP contribution in [0.5, 0.6) is 11.5 Å². The number of benzene rings is 3. The van der Waals surface area contributed by atoms with Crippen molar-refractivity contribution in [2.45, 2.75) is 37.4 Å². The van der Waals surface area contributed by atoms with Crippen molar-refractivity contribution in [1.29, 1.82) is 0 Å². The molecule has 3 heterocycles. The first-order valence-electron chi connectivity index (χ1n) is 15.8. The number of imidazole rings is 1. The van der Waals surface area contributed by atoms with E-state index < -0.39 is 44.3 Å². The Morgan fingerprint density at radius 2 is 1.54 bits per heavy atom. The molecule has 0 spiro atoms. The third-order valence-corrected chi connectivity index (χ3v) is 10.4. The van der Waals surface area contributed by atoms with Gasteiger partial charge in [0.15, 0.2) is 0 Å². The highest BCUT2D eigenvalue weighted by Gasteiger charge is 2.31. The first kappa shape index (κ1) is 34.8. The molecule has 1 amide bonds. The number of amides is 1. The molecule has 0 bridgehead atoms. The number of sulfonamides is 1. The molecule has 6 rings (SSSR count). The molecule has 262 valence electrons. The second-order valence-electron chi connectivity index (χ2n) is 12.0. The number of morpholine rings is 1. The lowest BCUT2D eigenvalue weighted by Crippen LogP contribution is -2.45. The van der Waals surface area contributed by atoms with E-state index in [4.69, 9.17) is 14.2 Å². The summed E-state index contributed by atoms with van der Waals surface area (Å²) in [6, 6.07) is 18.9. The van der Waals surface area contributed by atoms with Crippen LogP contribution in [0.15, 0.2) is 83.9 Å². The fourth-order valence-corrected chi connectivity index (χ4v) is 7.43. The number of carbonyl (C=O) groups is 1. The average molecular weight is 707 g/mol. The highest BCUT2D eigenvalue weighted by Crippen LogP contribution is 2.34. The minimum atomic E-state index is -4.47. The maximum Gasteiger partial charge on any atom is 0.407 e. The summed E-state index contributed by atoms with van der Waals surface area (Å²) in [7, 11) is -1.42. The van der Waals surface area contributed by atoms with Crippen LogP contribution < -0.4 is 9.47 Å². The van der Waals surface area contributed by atoms with E-state index in [0.29, 0.717) is 34.0 Å². The van der Waals surface area contributed by atoms with Crippen molar-refractivity contribution in [2.75, 3.05) is 33.9 Å². The van der Waals surface area contributed by atoms with Crippen LogP contribution in [-0.2, 0) is 34.3 Å². The van der Waals surface area contributed by atoms with Gasteiger partial charge in [0.1, 0.15) is 28.8 Å². The Labute approximate surface area is 288 Å². The van der Waals surface area contributed by atoms with Crippen LogP contribution in [0.2, 0.25) is 0 Å². The van der Waals surface area contributed by atoms with E-state index in [0.717, 1.165) is 22.0 Å². The van der Waals surface area contributed by atoms with Gasteiger partial charge in [-0.3, -0.25) is 0 Å². The van der Waals surface area contributed by atoms with Crippen molar-refractivity contribution in [3.05, 3.63) is 113 Å². The monoisotopic (exact) mass is 706 g/mol.